The molecule has 30 heavy (non-hydrogen) atoms. The van der Waals surface area contributed by atoms with E-state index in [1.54, 1.807) is 23.1 Å². The second-order valence-corrected chi connectivity index (χ2v) is 7.55. The summed E-state index contributed by atoms with van der Waals surface area (Å²) in [6.45, 7) is 1.97. The fourth-order valence-corrected chi connectivity index (χ4v) is 3.48. The van der Waals surface area contributed by atoms with Crippen LogP contribution in [0.4, 0.5) is 10.5 Å². The van der Waals surface area contributed by atoms with E-state index in [-0.39, 0.29) is 5.91 Å². The summed E-state index contributed by atoms with van der Waals surface area (Å²) in [5.74, 6) is -0.569. The summed E-state index contributed by atoms with van der Waals surface area (Å²) in [5, 5.41) is 5.57. The van der Waals surface area contributed by atoms with Gasteiger partial charge in [-0.15, -0.1) is 0 Å². The predicted octanol–water partition coefficient (Wildman–Crippen LogP) is 1.67. The Balaban J connectivity index is 1.58. The summed E-state index contributed by atoms with van der Waals surface area (Å²) >= 11 is 0. The molecular formula is C22H27N5O3. The second kappa shape index (κ2) is 9.41. The van der Waals surface area contributed by atoms with Gasteiger partial charge in [-0.25, -0.2) is 4.79 Å². The molecule has 0 saturated heterocycles. The summed E-state index contributed by atoms with van der Waals surface area (Å²) in [4.78, 5) is 40.2. The monoisotopic (exact) mass is 409 g/mol. The first-order valence-electron chi connectivity index (χ1n) is 9.84. The molecule has 0 bridgehead atoms. The Labute approximate surface area is 176 Å². The third kappa shape index (κ3) is 5.15. The van der Waals surface area contributed by atoms with Crippen LogP contribution >= 0.6 is 0 Å². The van der Waals surface area contributed by atoms with E-state index in [4.69, 9.17) is 5.73 Å². The standard InChI is InChI=1S/C22H27N5O3/c1-26(2)14-17-8-7-16(20(23)28)13-19(17)25-22(30)24-10-12-27-11-9-15-5-3-4-6-18(15)21(27)29/h3-8,13H,9-12,14H2,1-2H3,(H2,23,28)(H2,24,25,30). The predicted molar refractivity (Wildman–Crippen MR) is 115 cm³/mol. The molecule has 4 amide bonds. The molecule has 4 N–H and O–H groups in total. The molecule has 3 rings (SSSR count). The van der Waals surface area contributed by atoms with Crippen molar-refractivity contribution in [1.29, 1.82) is 0 Å². The molecule has 2 aromatic carbocycles. The van der Waals surface area contributed by atoms with Crippen molar-refractivity contribution in [3.63, 3.8) is 0 Å². The normalized spacial score (nSPS) is 13.2. The van der Waals surface area contributed by atoms with Crippen LogP contribution in [-0.2, 0) is 13.0 Å². The van der Waals surface area contributed by atoms with E-state index in [1.165, 1.54) is 0 Å². The minimum absolute atomic E-state index is 0.0125. The maximum atomic E-state index is 12.6. The number of carbonyl (C=O) groups excluding carboxylic acids is 3. The average Bonchev–Trinajstić information content (AvgIpc) is 2.70. The van der Waals surface area contributed by atoms with Gasteiger partial charge in [0.1, 0.15) is 0 Å². The van der Waals surface area contributed by atoms with Gasteiger partial charge < -0.3 is 26.2 Å². The zero-order valence-corrected chi connectivity index (χ0v) is 17.3. The molecule has 0 atom stereocenters. The van der Waals surface area contributed by atoms with Crippen LogP contribution < -0.4 is 16.4 Å². The van der Waals surface area contributed by atoms with Crippen molar-refractivity contribution in [1.82, 2.24) is 15.1 Å². The lowest BCUT2D eigenvalue weighted by Crippen LogP contribution is -2.43. The van der Waals surface area contributed by atoms with Gasteiger partial charge >= 0.3 is 6.03 Å². The van der Waals surface area contributed by atoms with Gasteiger partial charge in [0.25, 0.3) is 5.91 Å². The average molecular weight is 409 g/mol. The highest BCUT2D eigenvalue weighted by Gasteiger charge is 2.23. The van der Waals surface area contributed by atoms with Crippen LogP contribution in [0, 0.1) is 0 Å². The summed E-state index contributed by atoms with van der Waals surface area (Å²) in [5.41, 5.74) is 8.86. The number of benzene rings is 2. The van der Waals surface area contributed by atoms with Crippen molar-refractivity contribution in [2.45, 2.75) is 13.0 Å². The van der Waals surface area contributed by atoms with Crippen LogP contribution in [0.25, 0.3) is 0 Å². The van der Waals surface area contributed by atoms with Gasteiger partial charge in [-0.3, -0.25) is 9.59 Å². The molecule has 1 aliphatic rings. The number of carbonyl (C=O) groups is 3. The molecule has 8 heteroatoms. The smallest absolute Gasteiger partial charge is 0.319 e. The molecule has 158 valence electrons. The van der Waals surface area contributed by atoms with Crippen molar-refractivity contribution in [2.24, 2.45) is 5.73 Å². The Kier molecular flexibility index (Phi) is 6.68. The molecule has 0 unspecified atom stereocenters. The summed E-state index contributed by atoms with van der Waals surface area (Å²) in [7, 11) is 3.83. The summed E-state index contributed by atoms with van der Waals surface area (Å²) < 4.78 is 0. The van der Waals surface area contributed by atoms with E-state index >= 15 is 0 Å². The number of nitrogens with two attached hydrogens (primary N) is 1. The Morgan fingerprint density at radius 3 is 2.67 bits per heavy atom. The van der Waals surface area contributed by atoms with Crippen molar-refractivity contribution >= 4 is 23.5 Å². The Hall–Kier alpha value is -3.39. The first-order valence-corrected chi connectivity index (χ1v) is 9.84. The SMILES string of the molecule is CN(C)Cc1ccc(C(N)=O)cc1NC(=O)NCCN1CCc2ccccc2C1=O. The minimum atomic E-state index is -0.557. The molecule has 1 aliphatic heterocycles. The minimum Gasteiger partial charge on any atom is -0.366 e. The van der Waals surface area contributed by atoms with Gasteiger partial charge in [0, 0.05) is 43.0 Å². The number of hydrogen-bond acceptors (Lipinski definition) is 4. The second-order valence-electron chi connectivity index (χ2n) is 7.55. The number of amides is 4. The molecule has 0 spiro atoms. The maximum Gasteiger partial charge on any atom is 0.319 e. The van der Waals surface area contributed by atoms with Crippen molar-refractivity contribution < 1.29 is 14.4 Å². The van der Waals surface area contributed by atoms with Gasteiger partial charge in [-0.1, -0.05) is 24.3 Å². The molecule has 0 saturated carbocycles. The number of rotatable bonds is 7. The lowest BCUT2D eigenvalue weighted by atomic mass is 9.99. The number of nitrogens with one attached hydrogen (secondary N) is 2. The van der Waals surface area contributed by atoms with Crippen LogP contribution in [0.1, 0.15) is 31.8 Å². The van der Waals surface area contributed by atoms with Crippen molar-refractivity contribution in [3.05, 3.63) is 64.7 Å². The highest BCUT2D eigenvalue weighted by atomic mass is 16.2. The highest BCUT2D eigenvalue weighted by Crippen LogP contribution is 2.20. The third-order valence-electron chi connectivity index (χ3n) is 4.98. The quantitative estimate of drug-likeness (QED) is 0.646. The van der Waals surface area contributed by atoms with E-state index < -0.39 is 11.9 Å². The van der Waals surface area contributed by atoms with Gasteiger partial charge in [-0.05, 0) is 49.8 Å². The molecule has 8 nitrogen and oxygen atoms in total. The third-order valence-corrected chi connectivity index (χ3v) is 4.98. The van der Waals surface area contributed by atoms with Crippen LogP contribution in [0.2, 0.25) is 0 Å². The highest BCUT2D eigenvalue weighted by molar-refractivity contribution is 5.97. The van der Waals surface area contributed by atoms with E-state index in [2.05, 4.69) is 10.6 Å². The lowest BCUT2D eigenvalue weighted by molar-refractivity contribution is 0.0741. The van der Waals surface area contributed by atoms with Gasteiger partial charge in [0.05, 0.1) is 0 Å². The molecule has 0 fully saturated rings. The lowest BCUT2D eigenvalue weighted by Gasteiger charge is -2.28. The largest absolute Gasteiger partial charge is 0.366 e. The Bertz CT molecular complexity index is 958. The zero-order valence-electron chi connectivity index (χ0n) is 17.3. The number of nitrogens with zero attached hydrogens (tertiary/aromatic N) is 2. The van der Waals surface area contributed by atoms with E-state index in [1.807, 2.05) is 43.3 Å². The molecule has 2 aromatic rings. The number of urea groups is 1. The maximum absolute atomic E-state index is 12.6. The van der Waals surface area contributed by atoms with Crippen LogP contribution in [0.5, 0.6) is 0 Å². The van der Waals surface area contributed by atoms with Crippen LogP contribution in [0.15, 0.2) is 42.5 Å². The number of fused-ring (bicyclic) bond motifs is 1. The van der Waals surface area contributed by atoms with Crippen molar-refractivity contribution in [2.75, 3.05) is 39.0 Å². The van der Waals surface area contributed by atoms with Crippen LogP contribution in [0.3, 0.4) is 0 Å². The first-order chi connectivity index (χ1) is 14.3. The topological polar surface area (TPSA) is 108 Å². The van der Waals surface area contributed by atoms with E-state index in [0.29, 0.717) is 37.4 Å². The number of anilines is 1. The van der Waals surface area contributed by atoms with E-state index in [9.17, 15) is 14.4 Å². The van der Waals surface area contributed by atoms with Gasteiger partial charge in [0.2, 0.25) is 5.91 Å². The Morgan fingerprint density at radius 1 is 1.17 bits per heavy atom. The van der Waals surface area contributed by atoms with Crippen LogP contribution in [-0.4, -0.2) is 61.4 Å². The summed E-state index contributed by atoms with van der Waals surface area (Å²) in [6, 6.07) is 12.2. The molecule has 1 heterocycles. The molecule has 0 radical (unpaired) electrons. The zero-order chi connectivity index (χ0) is 21.7. The number of primary amides is 1. The fraction of sp³-hybridized carbons (Fsp3) is 0.318. The fourth-order valence-electron chi connectivity index (χ4n) is 3.48. The Morgan fingerprint density at radius 2 is 1.93 bits per heavy atom. The number of hydrogen-bond donors (Lipinski definition) is 3. The van der Waals surface area contributed by atoms with Gasteiger partial charge in [0.15, 0.2) is 0 Å². The van der Waals surface area contributed by atoms with Gasteiger partial charge in [-0.2, -0.15) is 0 Å². The molecule has 0 aromatic heterocycles. The first kappa shape index (κ1) is 21.3. The van der Waals surface area contributed by atoms with Crippen molar-refractivity contribution in [3.8, 4) is 0 Å². The van der Waals surface area contributed by atoms with E-state index in [0.717, 1.165) is 23.1 Å². The summed E-state index contributed by atoms with van der Waals surface area (Å²) in [6.07, 6.45) is 0.807. The molecular weight excluding hydrogens is 382 g/mol. The molecule has 0 aliphatic carbocycles.